The second kappa shape index (κ2) is 5.75. The summed E-state index contributed by atoms with van der Waals surface area (Å²) in [4.78, 5) is 1.44. The van der Waals surface area contributed by atoms with E-state index in [0.29, 0.717) is 6.54 Å². The molecule has 0 aliphatic carbocycles. The molecule has 18 heavy (non-hydrogen) atoms. The molecule has 0 aliphatic heterocycles. The van der Waals surface area contributed by atoms with Crippen LogP contribution in [0.25, 0.3) is 0 Å². The summed E-state index contributed by atoms with van der Waals surface area (Å²) in [7, 11) is -0.241. The van der Waals surface area contributed by atoms with Gasteiger partial charge in [-0.05, 0) is 26.2 Å². The van der Waals surface area contributed by atoms with Crippen molar-refractivity contribution in [3.8, 4) is 5.75 Å². The molecule has 0 spiro atoms. The highest BCUT2D eigenvalue weighted by Gasteiger charge is 2.23. The van der Waals surface area contributed by atoms with Crippen LogP contribution in [0.2, 0.25) is 5.02 Å². The van der Waals surface area contributed by atoms with Crippen molar-refractivity contribution in [2.45, 2.75) is 4.90 Å². The Hall–Kier alpha value is -1.02. The highest BCUT2D eigenvalue weighted by molar-refractivity contribution is 7.89. The first-order valence-electron chi connectivity index (χ1n) is 5.17. The number of benzene rings is 1. The smallest absolute Gasteiger partial charge is 0.245 e. The Kier molecular flexibility index (Phi) is 4.80. The largest absolute Gasteiger partial charge is 0.504 e. The quantitative estimate of drug-likeness (QED) is 0.542. The molecule has 0 heterocycles. The van der Waals surface area contributed by atoms with E-state index in [1.54, 1.807) is 0 Å². The van der Waals surface area contributed by atoms with Crippen LogP contribution >= 0.6 is 11.6 Å². The van der Waals surface area contributed by atoms with Gasteiger partial charge in [0.25, 0.3) is 0 Å². The Morgan fingerprint density at radius 2 is 2.06 bits per heavy atom. The van der Waals surface area contributed by atoms with Crippen LogP contribution in [0.4, 0.5) is 5.69 Å². The minimum absolute atomic E-state index is 0.0348. The molecule has 0 saturated heterocycles. The Morgan fingerprint density at radius 3 is 2.61 bits per heavy atom. The highest BCUT2D eigenvalue weighted by Crippen LogP contribution is 2.34. The van der Waals surface area contributed by atoms with Crippen molar-refractivity contribution in [3.05, 3.63) is 17.2 Å². The van der Waals surface area contributed by atoms with Gasteiger partial charge in [0.2, 0.25) is 10.0 Å². The number of nitrogens with one attached hydrogen (secondary N) is 1. The number of hydrogen-bond donors (Lipinski definition) is 3. The number of anilines is 1. The van der Waals surface area contributed by atoms with E-state index in [9.17, 15) is 13.5 Å². The van der Waals surface area contributed by atoms with E-state index in [4.69, 9.17) is 17.3 Å². The van der Waals surface area contributed by atoms with Gasteiger partial charge in [0, 0.05) is 13.1 Å². The van der Waals surface area contributed by atoms with Crippen LogP contribution in [-0.2, 0) is 10.0 Å². The number of nitrogens with zero attached hydrogens (tertiary/aromatic N) is 1. The van der Waals surface area contributed by atoms with Crippen molar-refractivity contribution in [2.75, 3.05) is 32.9 Å². The van der Waals surface area contributed by atoms with E-state index in [-0.39, 0.29) is 22.2 Å². The van der Waals surface area contributed by atoms with Crippen molar-refractivity contribution >= 4 is 27.3 Å². The first-order chi connectivity index (χ1) is 8.25. The Balaban J connectivity index is 3.02. The summed E-state index contributed by atoms with van der Waals surface area (Å²) in [6.45, 7) is 0.736. The van der Waals surface area contributed by atoms with Crippen LogP contribution in [-0.4, -0.2) is 45.6 Å². The maximum Gasteiger partial charge on any atom is 0.245 e. The van der Waals surface area contributed by atoms with Crippen LogP contribution in [0.5, 0.6) is 5.75 Å². The number of hydrogen-bond acceptors (Lipinski definition) is 5. The van der Waals surface area contributed by atoms with E-state index < -0.39 is 15.8 Å². The van der Waals surface area contributed by atoms with E-state index in [0.717, 1.165) is 0 Å². The summed E-state index contributed by atoms with van der Waals surface area (Å²) in [5.74, 6) is -0.528. The van der Waals surface area contributed by atoms with E-state index in [1.165, 1.54) is 12.1 Å². The average molecular weight is 294 g/mol. The lowest BCUT2D eigenvalue weighted by Gasteiger charge is -2.13. The summed E-state index contributed by atoms with van der Waals surface area (Å²) < 4.78 is 26.3. The van der Waals surface area contributed by atoms with Gasteiger partial charge in [-0.3, -0.25) is 0 Å². The topological polar surface area (TPSA) is 95.7 Å². The molecule has 0 bridgehead atoms. The summed E-state index contributed by atoms with van der Waals surface area (Å²) in [5.41, 5.74) is 5.42. The van der Waals surface area contributed by atoms with Crippen LogP contribution in [0.1, 0.15) is 0 Å². The number of rotatable bonds is 5. The molecule has 1 rings (SSSR count). The third-order valence-electron chi connectivity index (χ3n) is 2.23. The maximum absolute atomic E-state index is 12.0. The predicted molar refractivity (Wildman–Crippen MR) is 71.3 cm³/mol. The first kappa shape index (κ1) is 15.0. The van der Waals surface area contributed by atoms with Crippen LogP contribution in [0, 0.1) is 0 Å². The zero-order valence-electron chi connectivity index (χ0n) is 10.1. The van der Waals surface area contributed by atoms with Crippen molar-refractivity contribution in [1.29, 1.82) is 0 Å². The molecule has 1 aromatic carbocycles. The number of sulfonamides is 1. The van der Waals surface area contributed by atoms with E-state index in [1.807, 2.05) is 19.0 Å². The number of likely N-dealkylation sites (N-methyl/N-ethyl adjacent to an activating group) is 1. The summed E-state index contributed by atoms with van der Waals surface area (Å²) in [5, 5.41) is 9.61. The van der Waals surface area contributed by atoms with Gasteiger partial charge in [-0.15, -0.1) is 0 Å². The molecule has 0 unspecified atom stereocenters. The second-order valence-corrected chi connectivity index (χ2v) is 6.13. The number of nitrogen functional groups attached to an aromatic ring is 1. The molecule has 0 aromatic heterocycles. The summed E-state index contributed by atoms with van der Waals surface area (Å²) in [6.07, 6.45) is 0. The fraction of sp³-hybridized carbons (Fsp3) is 0.400. The molecular weight excluding hydrogens is 278 g/mol. The molecule has 0 radical (unpaired) electrons. The zero-order valence-corrected chi connectivity index (χ0v) is 11.7. The molecule has 0 atom stereocenters. The number of phenols is 1. The zero-order chi connectivity index (χ0) is 13.9. The SMILES string of the molecule is CN(C)CCNS(=O)(=O)c1c(Cl)ccc(N)c1O. The molecule has 0 aliphatic rings. The van der Waals surface area contributed by atoms with Crippen molar-refractivity contribution < 1.29 is 13.5 Å². The fourth-order valence-electron chi connectivity index (χ4n) is 1.29. The minimum atomic E-state index is -3.88. The van der Waals surface area contributed by atoms with Gasteiger partial charge in [0.05, 0.1) is 10.7 Å². The van der Waals surface area contributed by atoms with Gasteiger partial charge in [0.15, 0.2) is 5.75 Å². The lowest BCUT2D eigenvalue weighted by atomic mass is 10.3. The lowest BCUT2D eigenvalue weighted by molar-refractivity contribution is 0.412. The summed E-state index contributed by atoms with van der Waals surface area (Å²) >= 11 is 5.78. The summed E-state index contributed by atoms with van der Waals surface area (Å²) in [6, 6.07) is 2.67. The van der Waals surface area contributed by atoms with Gasteiger partial charge in [-0.25, -0.2) is 13.1 Å². The molecule has 8 heteroatoms. The van der Waals surface area contributed by atoms with Gasteiger partial charge >= 0.3 is 0 Å². The van der Waals surface area contributed by atoms with Crippen molar-refractivity contribution in [3.63, 3.8) is 0 Å². The maximum atomic E-state index is 12.0. The third-order valence-corrected chi connectivity index (χ3v) is 4.20. The Labute approximate surface area is 111 Å². The number of phenolic OH excluding ortho intramolecular Hbond substituents is 1. The fourth-order valence-corrected chi connectivity index (χ4v) is 2.95. The van der Waals surface area contributed by atoms with Crippen LogP contribution in [0.15, 0.2) is 17.0 Å². The van der Waals surface area contributed by atoms with E-state index in [2.05, 4.69) is 4.72 Å². The van der Waals surface area contributed by atoms with Gasteiger partial charge in [-0.1, -0.05) is 11.6 Å². The highest BCUT2D eigenvalue weighted by atomic mass is 35.5. The van der Waals surface area contributed by atoms with Gasteiger partial charge in [-0.2, -0.15) is 0 Å². The molecular formula is C10H16ClN3O3S. The molecule has 0 fully saturated rings. The van der Waals surface area contributed by atoms with Crippen LogP contribution < -0.4 is 10.5 Å². The van der Waals surface area contributed by atoms with Gasteiger partial charge < -0.3 is 15.7 Å². The monoisotopic (exact) mass is 293 g/mol. The van der Waals surface area contributed by atoms with Crippen molar-refractivity contribution in [1.82, 2.24) is 9.62 Å². The predicted octanol–water partition coefficient (Wildman–Crippen LogP) is 0.468. The number of halogens is 1. The third kappa shape index (κ3) is 3.49. The van der Waals surface area contributed by atoms with Crippen LogP contribution in [0.3, 0.4) is 0 Å². The van der Waals surface area contributed by atoms with Crippen molar-refractivity contribution in [2.24, 2.45) is 0 Å². The minimum Gasteiger partial charge on any atom is -0.504 e. The number of aromatic hydroxyl groups is 1. The second-order valence-electron chi connectivity index (χ2n) is 4.02. The standard InChI is InChI=1S/C10H16ClN3O3S/c1-14(2)6-5-13-18(16,17)10-7(11)3-4-8(12)9(10)15/h3-4,13,15H,5-6,12H2,1-2H3. The van der Waals surface area contributed by atoms with Gasteiger partial charge in [0.1, 0.15) is 4.90 Å². The lowest BCUT2D eigenvalue weighted by Crippen LogP contribution is -2.31. The molecule has 0 saturated carbocycles. The molecule has 4 N–H and O–H groups in total. The molecule has 6 nitrogen and oxygen atoms in total. The average Bonchev–Trinajstić information content (AvgIpc) is 2.23. The molecule has 102 valence electrons. The number of nitrogens with two attached hydrogens (primary N) is 1. The Bertz CT molecular complexity index is 531. The Morgan fingerprint density at radius 1 is 1.44 bits per heavy atom. The first-order valence-corrected chi connectivity index (χ1v) is 7.03. The molecule has 1 aromatic rings. The molecule has 0 amide bonds. The van der Waals surface area contributed by atoms with E-state index >= 15 is 0 Å². The normalized spacial score (nSPS) is 12.0.